The van der Waals surface area contributed by atoms with Crippen LogP contribution in [0.5, 0.6) is 0 Å². The second-order valence-corrected chi connectivity index (χ2v) is 6.89. The molecule has 31 heavy (non-hydrogen) atoms. The molecule has 1 saturated heterocycles. The van der Waals surface area contributed by atoms with Gasteiger partial charge in [-0.25, -0.2) is 9.31 Å². The number of aliphatic carboxylic acids is 1. The Kier molecular flexibility index (Phi) is 6.42. The number of amides is 1. The Morgan fingerprint density at radius 2 is 1.81 bits per heavy atom. The first-order valence-corrected chi connectivity index (χ1v) is 9.41. The lowest BCUT2D eigenvalue weighted by Crippen LogP contribution is -2.28. The third kappa shape index (κ3) is 5.30. The Morgan fingerprint density at radius 1 is 1.13 bits per heavy atom. The number of benzene rings is 1. The van der Waals surface area contributed by atoms with Crippen LogP contribution in [0.25, 0.3) is 5.52 Å². The summed E-state index contributed by atoms with van der Waals surface area (Å²) in [7, 11) is 0. The van der Waals surface area contributed by atoms with E-state index in [2.05, 4.69) is 15.6 Å². The van der Waals surface area contributed by atoms with Gasteiger partial charge in [0, 0.05) is 19.2 Å². The van der Waals surface area contributed by atoms with Crippen LogP contribution < -0.4 is 5.32 Å². The summed E-state index contributed by atoms with van der Waals surface area (Å²) in [6.07, 6.45) is -1.21. The number of hydrogen-bond acceptors (Lipinski definition) is 5. The van der Waals surface area contributed by atoms with E-state index in [1.807, 2.05) is 53.6 Å². The van der Waals surface area contributed by atoms with Crippen molar-refractivity contribution in [2.24, 2.45) is 0 Å². The molecule has 1 aliphatic heterocycles. The number of fused-ring (bicyclic) bond motifs is 1. The van der Waals surface area contributed by atoms with Gasteiger partial charge in [-0.1, -0.05) is 23.4 Å². The van der Waals surface area contributed by atoms with Gasteiger partial charge in [-0.15, -0.1) is 5.10 Å². The highest BCUT2D eigenvalue weighted by Gasteiger charge is 2.38. The zero-order chi connectivity index (χ0) is 22.6. The average Bonchev–Trinajstić information content (AvgIpc) is 3.35. The predicted molar refractivity (Wildman–Crippen MR) is 106 cm³/mol. The van der Waals surface area contributed by atoms with Crippen molar-refractivity contribution >= 4 is 28.8 Å². The molecule has 0 aliphatic carbocycles. The number of likely N-dealkylation sites (tertiary alicyclic amines) is 1. The highest BCUT2D eigenvalue weighted by atomic mass is 19.4. The normalized spacial score (nSPS) is 16.0. The number of carboxylic acid groups (broad SMARTS) is 1. The summed E-state index contributed by atoms with van der Waals surface area (Å²) in [4.78, 5) is 22.6. The number of carbonyl (C=O) groups is 2. The molecule has 2 aromatic heterocycles. The van der Waals surface area contributed by atoms with Crippen molar-refractivity contribution in [1.29, 1.82) is 0 Å². The molecular weight excluding hydrogens is 415 g/mol. The molecule has 1 amide bonds. The molecule has 1 fully saturated rings. The highest BCUT2D eigenvalue weighted by molar-refractivity contribution is 5.75. The number of nitrogens with one attached hydrogen (secondary N) is 1. The molecule has 164 valence electrons. The first kappa shape index (κ1) is 22.1. The topological polar surface area (TPSA) is 99.8 Å². The SMILES string of the molecule is CC(=O)N1CCCC1c1nnn2cc(Nc3ccccc3)ccc12.O=C(O)C(F)(F)F. The Morgan fingerprint density at radius 3 is 2.42 bits per heavy atom. The Labute approximate surface area is 175 Å². The zero-order valence-electron chi connectivity index (χ0n) is 16.5. The van der Waals surface area contributed by atoms with E-state index in [-0.39, 0.29) is 11.9 Å². The number of carboxylic acids is 1. The highest BCUT2D eigenvalue weighted by Crippen LogP contribution is 2.33. The number of rotatable bonds is 3. The fourth-order valence-electron chi connectivity index (χ4n) is 3.34. The summed E-state index contributed by atoms with van der Waals surface area (Å²) in [5.74, 6) is -2.66. The monoisotopic (exact) mass is 435 g/mol. The van der Waals surface area contributed by atoms with Crippen molar-refractivity contribution in [2.75, 3.05) is 11.9 Å². The summed E-state index contributed by atoms with van der Waals surface area (Å²) < 4.78 is 33.5. The first-order chi connectivity index (χ1) is 14.7. The molecule has 11 heteroatoms. The summed E-state index contributed by atoms with van der Waals surface area (Å²) in [6, 6.07) is 14.1. The van der Waals surface area contributed by atoms with Gasteiger partial charge >= 0.3 is 12.1 Å². The van der Waals surface area contributed by atoms with E-state index in [0.717, 1.165) is 42.0 Å². The lowest BCUT2D eigenvalue weighted by Gasteiger charge is -2.21. The Hall–Kier alpha value is -3.63. The summed E-state index contributed by atoms with van der Waals surface area (Å²) in [6.45, 7) is 2.42. The molecule has 0 saturated carbocycles. The number of anilines is 2. The Balaban J connectivity index is 0.000000339. The lowest BCUT2D eigenvalue weighted by molar-refractivity contribution is -0.192. The smallest absolute Gasteiger partial charge is 0.475 e. The van der Waals surface area contributed by atoms with Gasteiger partial charge < -0.3 is 15.3 Å². The number of pyridine rings is 1. The molecule has 3 aromatic rings. The molecule has 4 rings (SSSR count). The fourth-order valence-corrected chi connectivity index (χ4v) is 3.34. The number of alkyl halides is 3. The van der Waals surface area contributed by atoms with E-state index >= 15 is 0 Å². The van der Waals surface area contributed by atoms with Crippen molar-refractivity contribution in [3.05, 3.63) is 54.4 Å². The van der Waals surface area contributed by atoms with Crippen molar-refractivity contribution in [1.82, 2.24) is 19.7 Å². The van der Waals surface area contributed by atoms with Crippen molar-refractivity contribution in [3.63, 3.8) is 0 Å². The van der Waals surface area contributed by atoms with Crippen LogP contribution in [0.2, 0.25) is 0 Å². The molecule has 8 nitrogen and oxygen atoms in total. The van der Waals surface area contributed by atoms with Crippen LogP contribution in [0.15, 0.2) is 48.7 Å². The lowest BCUT2D eigenvalue weighted by atomic mass is 10.1. The number of aromatic nitrogens is 3. The summed E-state index contributed by atoms with van der Waals surface area (Å²) >= 11 is 0. The number of nitrogens with zero attached hydrogens (tertiary/aromatic N) is 4. The second kappa shape index (κ2) is 9.02. The average molecular weight is 435 g/mol. The minimum absolute atomic E-state index is 0.0351. The third-order valence-corrected chi connectivity index (χ3v) is 4.72. The maximum absolute atomic E-state index is 11.8. The largest absolute Gasteiger partial charge is 0.490 e. The van der Waals surface area contributed by atoms with Crippen molar-refractivity contribution in [2.45, 2.75) is 32.0 Å². The van der Waals surface area contributed by atoms with E-state index < -0.39 is 12.1 Å². The van der Waals surface area contributed by atoms with Gasteiger partial charge in [-0.2, -0.15) is 13.2 Å². The van der Waals surface area contributed by atoms with Gasteiger partial charge in [0.25, 0.3) is 0 Å². The standard InChI is InChI=1S/C18H19N5O.C2HF3O2/c1-13(24)22-11-5-8-16(22)18-17-10-9-15(12-23(17)21-20-18)19-14-6-3-2-4-7-14;3-2(4,5)1(6)7/h2-4,6-7,9-10,12,16,19H,5,8,11H2,1H3;(H,6,7). The molecule has 0 bridgehead atoms. The molecule has 3 heterocycles. The van der Waals surface area contributed by atoms with Crippen LogP contribution in [0.1, 0.15) is 31.5 Å². The summed E-state index contributed by atoms with van der Waals surface area (Å²) in [5.41, 5.74) is 3.80. The molecule has 1 atom stereocenters. The number of para-hydroxylation sites is 1. The predicted octanol–water partition coefficient (Wildman–Crippen LogP) is 3.79. The maximum Gasteiger partial charge on any atom is 0.490 e. The number of hydrogen-bond donors (Lipinski definition) is 2. The minimum atomic E-state index is -5.08. The fraction of sp³-hybridized carbons (Fsp3) is 0.300. The van der Waals surface area contributed by atoms with E-state index in [1.54, 1.807) is 11.4 Å². The molecule has 1 aliphatic rings. The number of halogens is 3. The number of carbonyl (C=O) groups excluding carboxylic acids is 1. The molecule has 2 N–H and O–H groups in total. The summed E-state index contributed by atoms with van der Waals surface area (Å²) in [5, 5.41) is 19.1. The van der Waals surface area contributed by atoms with Crippen LogP contribution in [-0.2, 0) is 9.59 Å². The first-order valence-electron chi connectivity index (χ1n) is 9.41. The van der Waals surface area contributed by atoms with Crippen molar-refractivity contribution < 1.29 is 27.9 Å². The molecule has 1 unspecified atom stereocenters. The second-order valence-electron chi connectivity index (χ2n) is 6.89. The van der Waals surface area contributed by atoms with E-state index in [1.165, 1.54) is 0 Å². The van der Waals surface area contributed by atoms with E-state index in [4.69, 9.17) is 9.90 Å². The van der Waals surface area contributed by atoms with Gasteiger partial charge in [0.05, 0.1) is 23.4 Å². The molecule has 0 radical (unpaired) electrons. The van der Waals surface area contributed by atoms with E-state index in [9.17, 15) is 18.0 Å². The van der Waals surface area contributed by atoms with Crippen molar-refractivity contribution in [3.8, 4) is 0 Å². The quantitative estimate of drug-likeness (QED) is 0.649. The molecular formula is C20H20F3N5O3. The van der Waals surface area contributed by atoms with Crippen LogP contribution in [0, 0.1) is 0 Å². The van der Waals surface area contributed by atoms with E-state index in [0.29, 0.717) is 0 Å². The Bertz CT molecular complexity index is 1070. The van der Waals surface area contributed by atoms with Gasteiger partial charge in [0.15, 0.2) is 0 Å². The van der Waals surface area contributed by atoms with Crippen LogP contribution in [0.4, 0.5) is 24.5 Å². The zero-order valence-corrected chi connectivity index (χ0v) is 16.5. The van der Waals surface area contributed by atoms with Crippen LogP contribution >= 0.6 is 0 Å². The minimum Gasteiger partial charge on any atom is -0.475 e. The van der Waals surface area contributed by atoms with Crippen LogP contribution in [0.3, 0.4) is 0 Å². The molecule has 1 aromatic carbocycles. The molecule has 0 spiro atoms. The maximum atomic E-state index is 11.8. The van der Waals surface area contributed by atoms with Gasteiger partial charge in [0.2, 0.25) is 5.91 Å². The van der Waals surface area contributed by atoms with Gasteiger partial charge in [0.1, 0.15) is 5.69 Å². The van der Waals surface area contributed by atoms with Gasteiger partial charge in [-0.05, 0) is 37.1 Å². The van der Waals surface area contributed by atoms with Crippen LogP contribution in [-0.4, -0.2) is 49.4 Å². The third-order valence-electron chi connectivity index (χ3n) is 4.72. The van der Waals surface area contributed by atoms with Gasteiger partial charge in [-0.3, -0.25) is 4.79 Å².